The molecule has 96 valence electrons. The molecule has 2 nitrogen and oxygen atoms in total. The van der Waals surface area contributed by atoms with Crippen molar-refractivity contribution >= 4 is 11.8 Å². The smallest absolute Gasteiger partial charge is 0.101 e. The Morgan fingerprint density at radius 1 is 1.24 bits per heavy atom. The second kappa shape index (κ2) is 7.02. The van der Waals surface area contributed by atoms with E-state index in [0.29, 0.717) is 17.2 Å². The lowest BCUT2D eigenvalue weighted by Crippen LogP contribution is -2.22. The van der Waals surface area contributed by atoms with E-state index in [0.717, 1.165) is 6.54 Å². The Morgan fingerprint density at radius 2 is 1.94 bits per heavy atom. The van der Waals surface area contributed by atoms with Gasteiger partial charge in [0.15, 0.2) is 0 Å². The van der Waals surface area contributed by atoms with E-state index in [2.05, 4.69) is 51.0 Å². The molecule has 1 aromatic heterocycles. The molecule has 0 radical (unpaired) electrons. The fraction of sp³-hybridized carbons (Fsp3) is 0.643. The monoisotopic (exact) mass is 252 g/mol. The summed E-state index contributed by atoms with van der Waals surface area (Å²) >= 11 is 1.88. The number of hydrogen-bond acceptors (Lipinski definition) is 3. The molecule has 1 rings (SSSR count). The Bertz CT molecular complexity index is 337. The predicted molar refractivity (Wildman–Crippen MR) is 76.4 cm³/mol. The second-order valence-electron chi connectivity index (χ2n) is 5.07. The number of rotatable bonds is 6. The van der Waals surface area contributed by atoms with Crippen molar-refractivity contribution in [3.8, 4) is 0 Å². The van der Waals surface area contributed by atoms with Crippen LogP contribution in [0.2, 0.25) is 0 Å². The van der Waals surface area contributed by atoms with Crippen molar-refractivity contribution < 1.29 is 0 Å². The van der Waals surface area contributed by atoms with E-state index in [-0.39, 0.29) is 0 Å². The van der Waals surface area contributed by atoms with Crippen LogP contribution in [-0.2, 0) is 6.54 Å². The molecule has 0 aromatic carbocycles. The molecule has 0 aliphatic heterocycles. The maximum Gasteiger partial charge on any atom is 0.101 e. The van der Waals surface area contributed by atoms with Crippen LogP contribution in [0.1, 0.15) is 40.2 Å². The zero-order valence-electron chi connectivity index (χ0n) is 11.5. The van der Waals surface area contributed by atoms with Gasteiger partial charge in [0.25, 0.3) is 0 Å². The maximum absolute atomic E-state index is 4.50. The molecule has 0 amide bonds. The Kier molecular flexibility index (Phi) is 6.00. The number of pyridine rings is 1. The SMILES string of the molecule is CC(C)NCc1cccnc1SC(C)C(C)C. The molecule has 1 unspecified atom stereocenters. The highest BCUT2D eigenvalue weighted by molar-refractivity contribution is 7.99. The lowest BCUT2D eigenvalue weighted by molar-refractivity contribution is 0.581. The summed E-state index contributed by atoms with van der Waals surface area (Å²) < 4.78 is 0. The van der Waals surface area contributed by atoms with Crippen molar-refractivity contribution in [1.82, 2.24) is 10.3 Å². The van der Waals surface area contributed by atoms with Gasteiger partial charge >= 0.3 is 0 Å². The Labute approximate surface area is 110 Å². The predicted octanol–water partition coefficient (Wildman–Crippen LogP) is 3.72. The summed E-state index contributed by atoms with van der Waals surface area (Å²) in [6.45, 7) is 12.0. The fourth-order valence-electron chi connectivity index (χ4n) is 1.29. The van der Waals surface area contributed by atoms with Crippen LogP contribution in [-0.4, -0.2) is 16.3 Å². The minimum atomic E-state index is 0.510. The molecule has 0 saturated heterocycles. The zero-order chi connectivity index (χ0) is 12.8. The highest BCUT2D eigenvalue weighted by Gasteiger charge is 2.12. The van der Waals surface area contributed by atoms with Crippen LogP contribution in [0.25, 0.3) is 0 Å². The molecule has 0 bridgehead atoms. The van der Waals surface area contributed by atoms with Crippen LogP contribution >= 0.6 is 11.8 Å². The first kappa shape index (κ1) is 14.5. The molecule has 1 N–H and O–H groups in total. The van der Waals surface area contributed by atoms with Gasteiger partial charge in [-0.1, -0.05) is 40.7 Å². The van der Waals surface area contributed by atoms with Gasteiger partial charge in [-0.15, -0.1) is 11.8 Å². The minimum absolute atomic E-state index is 0.510. The largest absolute Gasteiger partial charge is 0.310 e. The number of aromatic nitrogens is 1. The van der Waals surface area contributed by atoms with Crippen LogP contribution < -0.4 is 5.32 Å². The number of hydrogen-bond donors (Lipinski definition) is 1. The lowest BCUT2D eigenvalue weighted by atomic mass is 10.2. The van der Waals surface area contributed by atoms with E-state index in [1.165, 1.54) is 10.6 Å². The summed E-state index contributed by atoms with van der Waals surface area (Å²) in [4.78, 5) is 4.50. The number of thioether (sulfide) groups is 1. The molecule has 1 heterocycles. The maximum atomic E-state index is 4.50. The first-order valence-corrected chi connectivity index (χ1v) is 7.22. The molecule has 3 heteroatoms. The molecular formula is C14H24N2S. The van der Waals surface area contributed by atoms with E-state index in [1.54, 1.807) is 0 Å². The Morgan fingerprint density at radius 3 is 2.53 bits per heavy atom. The van der Waals surface area contributed by atoms with Gasteiger partial charge in [0.1, 0.15) is 5.03 Å². The van der Waals surface area contributed by atoms with Gasteiger partial charge in [0.2, 0.25) is 0 Å². The van der Waals surface area contributed by atoms with Crippen molar-refractivity contribution in [3.63, 3.8) is 0 Å². The Hall–Kier alpha value is -0.540. The van der Waals surface area contributed by atoms with Crippen molar-refractivity contribution in [3.05, 3.63) is 23.9 Å². The zero-order valence-corrected chi connectivity index (χ0v) is 12.3. The van der Waals surface area contributed by atoms with Gasteiger partial charge in [-0.3, -0.25) is 0 Å². The van der Waals surface area contributed by atoms with Crippen LogP contribution in [0, 0.1) is 5.92 Å². The van der Waals surface area contributed by atoms with Crippen molar-refractivity contribution in [2.75, 3.05) is 0 Å². The standard InChI is InChI=1S/C14H24N2S/c1-10(2)12(5)17-14-13(7-6-8-15-14)9-16-11(3)4/h6-8,10-12,16H,9H2,1-5H3. The third-order valence-electron chi connectivity index (χ3n) is 2.79. The summed E-state index contributed by atoms with van der Waals surface area (Å²) in [6, 6.07) is 4.69. The number of nitrogens with one attached hydrogen (secondary N) is 1. The lowest BCUT2D eigenvalue weighted by Gasteiger charge is -2.17. The van der Waals surface area contributed by atoms with E-state index in [1.807, 2.05) is 24.0 Å². The third-order valence-corrected chi connectivity index (χ3v) is 4.29. The van der Waals surface area contributed by atoms with Crippen molar-refractivity contribution in [1.29, 1.82) is 0 Å². The van der Waals surface area contributed by atoms with Gasteiger partial charge in [-0.2, -0.15) is 0 Å². The van der Waals surface area contributed by atoms with Gasteiger partial charge in [0.05, 0.1) is 0 Å². The first-order chi connectivity index (χ1) is 8.00. The molecule has 0 aliphatic carbocycles. The fourth-order valence-corrected chi connectivity index (χ4v) is 2.33. The van der Waals surface area contributed by atoms with Crippen LogP contribution in [0.3, 0.4) is 0 Å². The van der Waals surface area contributed by atoms with Crippen LogP contribution in [0.15, 0.2) is 23.4 Å². The van der Waals surface area contributed by atoms with Crippen LogP contribution in [0.4, 0.5) is 0 Å². The van der Waals surface area contributed by atoms with E-state index in [9.17, 15) is 0 Å². The molecular weight excluding hydrogens is 228 g/mol. The quantitative estimate of drug-likeness (QED) is 0.781. The van der Waals surface area contributed by atoms with Crippen molar-refractivity contribution in [2.45, 2.75) is 57.5 Å². The Balaban J connectivity index is 2.70. The average molecular weight is 252 g/mol. The van der Waals surface area contributed by atoms with Gasteiger partial charge in [-0.25, -0.2) is 4.98 Å². The average Bonchev–Trinajstić information content (AvgIpc) is 2.27. The van der Waals surface area contributed by atoms with E-state index in [4.69, 9.17) is 0 Å². The highest BCUT2D eigenvalue weighted by atomic mass is 32.2. The molecule has 0 saturated carbocycles. The summed E-state index contributed by atoms with van der Waals surface area (Å²) in [7, 11) is 0. The normalized spacial score (nSPS) is 13.4. The van der Waals surface area contributed by atoms with Gasteiger partial charge in [0, 0.05) is 24.0 Å². The molecule has 0 spiro atoms. The van der Waals surface area contributed by atoms with E-state index < -0.39 is 0 Å². The van der Waals surface area contributed by atoms with Gasteiger partial charge in [-0.05, 0) is 17.5 Å². The van der Waals surface area contributed by atoms with Crippen molar-refractivity contribution in [2.24, 2.45) is 5.92 Å². The topological polar surface area (TPSA) is 24.9 Å². The highest BCUT2D eigenvalue weighted by Crippen LogP contribution is 2.28. The minimum Gasteiger partial charge on any atom is -0.310 e. The third kappa shape index (κ3) is 5.09. The van der Waals surface area contributed by atoms with Crippen LogP contribution in [0.5, 0.6) is 0 Å². The summed E-state index contributed by atoms with van der Waals surface area (Å²) in [5.74, 6) is 0.674. The molecule has 0 fully saturated rings. The summed E-state index contributed by atoms with van der Waals surface area (Å²) in [5.41, 5.74) is 1.30. The van der Waals surface area contributed by atoms with Gasteiger partial charge < -0.3 is 5.32 Å². The molecule has 1 aromatic rings. The molecule has 0 aliphatic rings. The number of nitrogens with zero attached hydrogens (tertiary/aromatic N) is 1. The molecule has 17 heavy (non-hydrogen) atoms. The summed E-state index contributed by atoms with van der Waals surface area (Å²) in [5, 5.41) is 5.22. The summed E-state index contributed by atoms with van der Waals surface area (Å²) in [6.07, 6.45) is 1.88. The first-order valence-electron chi connectivity index (χ1n) is 6.34. The molecule has 1 atom stereocenters. The second-order valence-corrected chi connectivity index (χ2v) is 6.44. The van der Waals surface area contributed by atoms with E-state index >= 15 is 0 Å².